The van der Waals surface area contributed by atoms with Crippen LogP contribution in [0.25, 0.3) is 0 Å². The van der Waals surface area contributed by atoms with E-state index in [1.54, 1.807) is 6.07 Å². The summed E-state index contributed by atoms with van der Waals surface area (Å²) < 4.78 is 91.7. The minimum atomic E-state index is -5.00. The van der Waals surface area contributed by atoms with Crippen LogP contribution in [0.3, 0.4) is 0 Å². The van der Waals surface area contributed by atoms with Gasteiger partial charge in [0.2, 0.25) is 11.8 Å². The van der Waals surface area contributed by atoms with Gasteiger partial charge in [0.25, 0.3) is 5.91 Å². The highest BCUT2D eigenvalue weighted by molar-refractivity contribution is 6.04. The number of nitriles is 1. The van der Waals surface area contributed by atoms with Gasteiger partial charge in [-0.2, -0.15) is 18.4 Å². The Morgan fingerprint density at radius 2 is 1.88 bits per heavy atom. The number of amides is 2. The molecular formula is C29H29F6N5O3. The molecule has 2 aliphatic carbocycles. The van der Waals surface area contributed by atoms with Gasteiger partial charge in [0.05, 0.1) is 31.0 Å². The van der Waals surface area contributed by atoms with Gasteiger partial charge in [-0.25, -0.2) is 13.2 Å². The molecule has 1 saturated heterocycles. The van der Waals surface area contributed by atoms with Crippen molar-refractivity contribution in [2.45, 2.75) is 74.7 Å². The van der Waals surface area contributed by atoms with Crippen LogP contribution >= 0.6 is 0 Å². The molecule has 14 heteroatoms. The van der Waals surface area contributed by atoms with Gasteiger partial charge in [0.15, 0.2) is 6.19 Å². The Hall–Kier alpha value is -3.86. The quantitative estimate of drug-likeness (QED) is 0.348. The number of halogens is 6. The molecule has 2 unspecified atom stereocenters. The van der Waals surface area contributed by atoms with Crippen LogP contribution in [0.1, 0.15) is 67.2 Å². The first-order valence-corrected chi connectivity index (χ1v) is 14.0. The van der Waals surface area contributed by atoms with Crippen molar-refractivity contribution in [3.05, 3.63) is 59.2 Å². The van der Waals surface area contributed by atoms with E-state index in [1.807, 2.05) is 6.19 Å². The molecule has 0 bridgehead atoms. The van der Waals surface area contributed by atoms with Gasteiger partial charge in [-0.15, -0.1) is 0 Å². The zero-order valence-electron chi connectivity index (χ0n) is 22.9. The molecule has 1 aliphatic heterocycles. The summed E-state index contributed by atoms with van der Waals surface area (Å²) in [5.74, 6) is -5.97. The monoisotopic (exact) mass is 609 g/mol. The highest BCUT2D eigenvalue weighted by Gasteiger charge is 2.46. The summed E-state index contributed by atoms with van der Waals surface area (Å²) in [6.07, 6.45) is -1.23. The summed E-state index contributed by atoms with van der Waals surface area (Å²) in [7, 11) is 0. The van der Waals surface area contributed by atoms with Crippen molar-refractivity contribution >= 4 is 17.5 Å². The maximum Gasteiger partial charge on any atom is 0.416 e. The van der Waals surface area contributed by atoms with Crippen molar-refractivity contribution in [3.63, 3.8) is 0 Å². The van der Waals surface area contributed by atoms with E-state index in [-0.39, 0.29) is 38.5 Å². The van der Waals surface area contributed by atoms with Gasteiger partial charge in [-0.3, -0.25) is 24.4 Å². The van der Waals surface area contributed by atoms with Crippen molar-refractivity contribution in [2.75, 3.05) is 24.7 Å². The van der Waals surface area contributed by atoms with Gasteiger partial charge < -0.3 is 10.1 Å². The average Bonchev–Trinajstić information content (AvgIpc) is 3.82. The zero-order chi connectivity index (χ0) is 30.9. The molecule has 1 aromatic heterocycles. The molecule has 1 N–H and O–H groups in total. The number of benzene rings is 1. The fourth-order valence-corrected chi connectivity index (χ4v) is 5.61. The third kappa shape index (κ3) is 6.71. The van der Waals surface area contributed by atoms with E-state index in [4.69, 9.17) is 4.74 Å². The minimum absolute atomic E-state index is 0.0162. The minimum Gasteiger partial charge on any atom is -0.377 e. The third-order valence-corrected chi connectivity index (χ3v) is 8.08. The van der Waals surface area contributed by atoms with E-state index in [2.05, 4.69) is 10.3 Å². The zero-order valence-corrected chi connectivity index (χ0v) is 22.9. The molecule has 230 valence electrons. The predicted molar refractivity (Wildman–Crippen MR) is 140 cm³/mol. The highest BCUT2D eigenvalue weighted by Crippen LogP contribution is 2.43. The molecule has 2 aromatic rings. The predicted octanol–water partition coefficient (Wildman–Crippen LogP) is 5.07. The number of carbonyl (C=O) groups is 2. The van der Waals surface area contributed by atoms with Crippen molar-refractivity contribution in [1.82, 2.24) is 15.2 Å². The van der Waals surface area contributed by atoms with Crippen LogP contribution in [0.4, 0.5) is 32.0 Å². The highest BCUT2D eigenvalue weighted by atomic mass is 19.4. The second-order valence-corrected chi connectivity index (χ2v) is 11.1. The summed E-state index contributed by atoms with van der Waals surface area (Å²) in [6.45, 7) is -0.258. The maximum atomic E-state index is 15.9. The van der Waals surface area contributed by atoms with Gasteiger partial charge >= 0.3 is 6.18 Å². The van der Waals surface area contributed by atoms with Crippen molar-refractivity contribution in [2.24, 2.45) is 0 Å². The van der Waals surface area contributed by atoms with Crippen LogP contribution in [0.2, 0.25) is 0 Å². The first-order chi connectivity index (χ1) is 20.4. The van der Waals surface area contributed by atoms with Crippen LogP contribution in [0, 0.1) is 17.3 Å². The summed E-state index contributed by atoms with van der Waals surface area (Å²) in [4.78, 5) is 33.7. The van der Waals surface area contributed by atoms with Crippen LogP contribution in [-0.4, -0.2) is 59.5 Å². The van der Waals surface area contributed by atoms with Crippen molar-refractivity contribution < 1.29 is 40.7 Å². The van der Waals surface area contributed by atoms with Crippen LogP contribution < -0.4 is 10.2 Å². The Morgan fingerprint density at radius 3 is 2.51 bits per heavy atom. The van der Waals surface area contributed by atoms with Gasteiger partial charge in [-0.05, 0) is 55.4 Å². The number of hydrogen-bond donors (Lipinski definition) is 1. The van der Waals surface area contributed by atoms with E-state index in [1.165, 1.54) is 12.1 Å². The number of rotatable bonds is 7. The Bertz CT molecular complexity index is 1400. The SMILES string of the molecule is N#CN1CCOCC1C(=O)N(c1ccc(C2CC2)cc1F)C(C(=O)NC1CCC(F)(F)CC1)c1cnccc1C(F)(F)F. The lowest BCUT2D eigenvalue weighted by molar-refractivity contribution is -0.139. The summed E-state index contributed by atoms with van der Waals surface area (Å²) in [6, 6.07) is 0.262. The summed E-state index contributed by atoms with van der Waals surface area (Å²) >= 11 is 0. The number of morpholine rings is 1. The molecule has 1 aromatic carbocycles. The molecule has 0 radical (unpaired) electrons. The van der Waals surface area contributed by atoms with Crippen molar-refractivity contribution in [3.8, 4) is 6.19 Å². The first-order valence-electron chi connectivity index (χ1n) is 14.0. The standard InChI is InChI=1S/C29H29F6N5O3/c30-22-13-18(17-1-2-17)3-4-23(22)40(27(42)24-15-43-12-11-39(24)16-36)25(20-14-37-10-7-21(20)29(33,34)35)26(41)38-19-5-8-28(31,32)9-6-19/h3-4,7,10,13-14,17,19,24-25H,1-2,5-6,8-9,11-12,15H2,(H,38,41). The molecule has 2 saturated carbocycles. The van der Waals surface area contributed by atoms with E-state index in [0.29, 0.717) is 16.5 Å². The van der Waals surface area contributed by atoms with Crippen LogP contribution in [-0.2, 0) is 20.5 Å². The number of hydrogen-bond acceptors (Lipinski definition) is 6. The van der Waals surface area contributed by atoms with Crippen LogP contribution in [0.5, 0.6) is 0 Å². The lowest BCUT2D eigenvalue weighted by Gasteiger charge is -2.39. The molecule has 43 heavy (non-hydrogen) atoms. The number of carbonyl (C=O) groups excluding carboxylic acids is 2. The van der Waals surface area contributed by atoms with E-state index >= 15 is 4.39 Å². The Morgan fingerprint density at radius 1 is 1.16 bits per heavy atom. The van der Waals surface area contributed by atoms with Crippen molar-refractivity contribution in [1.29, 1.82) is 5.26 Å². The number of nitrogens with one attached hydrogen (secondary N) is 1. The van der Waals surface area contributed by atoms with Crippen LogP contribution in [0.15, 0.2) is 36.7 Å². The molecule has 2 heterocycles. The second-order valence-electron chi connectivity index (χ2n) is 11.1. The number of ether oxygens (including phenoxy) is 1. The van der Waals surface area contributed by atoms with Gasteiger partial charge in [-0.1, -0.05) is 6.07 Å². The molecule has 2 atom stereocenters. The largest absolute Gasteiger partial charge is 0.416 e. The maximum absolute atomic E-state index is 15.9. The summed E-state index contributed by atoms with van der Waals surface area (Å²) in [5, 5.41) is 12.2. The lowest BCUT2D eigenvalue weighted by Crippen LogP contribution is -2.56. The Balaban J connectivity index is 1.64. The lowest BCUT2D eigenvalue weighted by atomic mass is 9.91. The number of nitrogens with zero attached hydrogens (tertiary/aromatic N) is 4. The topological polar surface area (TPSA) is 98.6 Å². The normalized spacial score (nSPS) is 21.5. The molecule has 3 aliphatic rings. The smallest absolute Gasteiger partial charge is 0.377 e. The number of aromatic nitrogens is 1. The Kier molecular flexibility index (Phi) is 8.56. The molecule has 0 spiro atoms. The fraction of sp³-hybridized carbons (Fsp3) is 0.517. The number of pyridine rings is 1. The molecule has 2 amide bonds. The molecule has 5 rings (SSSR count). The average molecular weight is 610 g/mol. The van der Waals surface area contributed by atoms with E-state index in [9.17, 15) is 36.8 Å². The summed E-state index contributed by atoms with van der Waals surface area (Å²) in [5.41, 5.74) is -1.88. The first kappa shape index (κ1) is 30.6. The second kappa shape index (κ2) is 12.0. The fourth-order valence-electron chi connectivity index (χ4n) is 5.61. The molecule has 3 fully saturated rings. The van der Waals surface area contributed by atoms with Gasteiger partial charge in [0.1, 0.15) is 17.9 Å². The molecular weight excluding hydrogens is 580 g/mol. The number of anilines is 1. The van der Waals surface area contributed by atoms with Gasteiger partial charge in [0, 0.05) is 36.8 Å². The molecule has 8 nitrogen and oxygen atoms in total. The third-order valence-electron chi connectivity index (χ3n) is 8.08. The van der Waals surface area contributed by atoms with E-state index in [0.717, 1.165) is 30.1 Å². The number of alkyl halides is 5. The van der Waals surface area contributed by atoms with E-state index < -0.39 is 77.5 Å². The Labute approximate surface area is 243 Å².